The van der Waals surface area contributed by atoms with Gasteiger partial charge in [0, 0.05) is 12.1 Å². The summed E-state index contributed by atoms with van der Waals surface area (Å²) in [6.45, 7) is 6.58. The van der Waals surface area contributed by atoms with Gasteiger partial charge in [0.1, 0.15) is 42.0 Å². The predicted octanol–water partition coefficient (Wildman–Crippen LogP) is 8.39. The average Bonchev–Trinajstić information content (AvgIpc) is 3.35. The van der Waals surface area contributed by atoms with Crippen molar-refractivity contribution < 1.29 is 18.9 Å². The van der Waals surface area contributed by atoms with Crippen molar-refractivity contribution in [2.45, 2.75) is 90.9 Å². The van der Waals surface area contributed by atoms with E-state index in [1.54, 1.807) is 10.7 Å². The smallest absolute Gasteiger partial charge is 0.235 e. The van der Waals surface area contributed by atoms with Gasteiger partial charge in [0.05, 0.1) is 13.2 Å². The third kappa shape index (κ3) is 11.4. The molecule has 0 bridgehead atoms. The third-order valence-electron chi connectivity index (χ3n) is 6.74. The molecular weight excluding hydrogens is 502 g/mol. The fourth-order valence-corrected chi connectivity index (χ4v) is 4.47. The van der Waals surface area contributed by atoms with Crippen LogP contribution in [0.15, 0.2) is 54.6 Å². The molecule has 3 aromatic rings. The number of hydrogen-bond acceptors (Lipinski definition) is 6. The minimum Gasteiger partial charge on any atom is -0.494 e. The van der Waals surface area contributed by atoms with Crippen molar-refractivity contribution in [3.8, 4) is 28.8 Å². The van der Waals surface area contributed by atoms with Gasteiger partial charge in [-0.25, -0.2) is 4.68 Å². The van der Waals surface area contributed by atoms with Crippen molar-refractivity contribution in [2.75, 3.05) is 32.2 Å². The van der Waals surface area contributed by atoms with E-state index >= 15 is 0 Å². The molecule has 0 radical (unpaired) electrons. The topological polar surface area (TPSA) is 80.8 Å². The molecule has 1 aromatic heterocycles. The largest absolute Gasteiger partial charge is 0.494 e. The van der Waals surface area contributed by atoms with Crippen LogP contribution < -0.4 is 24.7 Å². The molecule has 0 fully saturated rings. The summed E-state index contributed by atoms with van der Waals surface area (Å²) in [7, 11) is 0. The van der Waals surface area contributed by atoms with Crippen LogP contribution in [0, 0.1) is 0 Å². The molecule has 3 rings (SSSR count). The van der Waals surface area contributed by atoms with E-state index in [0.717, 1.165) is 35.8 Å². The van der Waals surface area contributed by atoms with Gasteiger partial charge in [0.15, 0.2) is 0 Å². The SMILES string of the molecule is CCCCCCCCOc1ccc(OCCCCCCCC)c(-n2nc(OCCOc3ccccc3)cc2N)c1. The molecule has 0 saturated carbocycles. The van der Waals surface area contributed by atoms with Crippen LogP contribution in [0.2, 0.25) is 0 Å². The van der Waals surface area contributed by atoms with Crippen LogP contribution in [0.25, 0.3) is 5.69 Å². The second-order valence-corrected chi connectivity index (χ2v) is 10.2. The number of unbranched alkanes of at least 4 members (excludes halogenated alkanes) is 10. The molecule has 40 heavy (non-hydrogen) atoms. The van der Waals surface area contributed by atoms with Gasteiger partial charge in [0.2, 0.25) is 5.88 Å². The van der Waals surface area contributed by atoms with Gasteiger partial charge in [-0.2, -0.15) is 0 Å². The maximum atomic E-state index is 6.38. The number of anilines is 1. The molecule has 0 aliphatic carbocycles. The number of benzene rings is 2. The zero-order chi connectivity index (χ0) is 28.3. The van der Waals surface area contributed by atoms with Crippen LogP contribution in [0.3, 0.4) is 0 Å². The molecule has 0 amide bonds. The van der Waals surface area contributed by atoms with Gasteiger partial charge < -0.3 is 24.7 Å². The number of aromatic nitrogens is 2. The molecule has 0 saturated heterocycles. The summed E-state index contributed by atoms with van der Waals surface area (Å²) >= 11 is 0. The second-order valence-electron chi connectivity index (χ2n) is 10.2. The number of nitrogen functional groups attached to an aromatic ring is 1. The summed E-state index contributed by atoms with van der Waals surface area (Å²) in [6, 6.07) is 17.3. The molecule has 2 N–H and O–H groups in total. The first-order valence-corrected chi connectivity index (χ1v) is 15.3. The van der Waals surface area contributed by atoms with E-state index in [1.807, 2.05) is 48.5 Å². The molecule has 7 heteroatoms. The second kappa shape index (κ2) is 18.9. The monoisotopic (exact) mass is 551 g/mol. The van der Waals surface area contributed by atoms with E-state index in [2.05, 4.69) is 18.9 Å². The lowest BCUT2D eigenvalue weighted by molar-refractivity contribution is 0.211. The Labute approximate surface area is 241 Å². The Bertz CT molecular complexity index is 1070. The molecule has 0 aliphatic rings. The maximum absolute atomic E-state index is 6.38. The van der Waals surface area contributed by atoms with Gasteiger partial charge in [-0.05, 0) is 37.1 Å². The third-order valence-corrected chi connectivity index (χ3v) is 6.74. The van der Waals surface area contributed by atoms with E-state index in [0.29, 0.717) is 38.1 Å². The highest BCUT2D eigenvalue weighted by Gasteiger charge is 2.15. The van der Waals surface area contributed by atoms with Gasteiger partial charge in [0.25, 0.3) is 0 Å². The molecule has 0 spiro atoms. The summed E-state index contributed by atoms with van der Waals surface area (Å²) in [4.78, 5) is 0. The number of nitrogens with two attached hydrogens (primary N) is 1. The Morgan fingerprint density at radius 3 is 1.90 bits per heavy atom. The Hall–Kier alpha value is -3.35. The molecular formula is C33H49N3O4. The van der Waals surface area contributed by atoms with Crippen LogP contribution in [0.4, 0.5) is 5.82 Å². The zero-order valence-electron chi connectivity index (χ0n) is 24.6. The van der Waals surface area contributed by atoms with E-state index < -0.39 is 0 Å². The average molecular weight is 552 g/mol. The van der Waals surface area contributed by atoms with Crippen LogP contribution in [0.1, 0.15) is 90.9 Å². The molecule has 7 nitrogen and oxygen atoms in total. The minimum absolute atomic E-state index is 0.355. The Kier molecular flexibility index (Phi) is 14.7. The lowest BCUT2D eigenvalue weighted by Gasteiger charge is -2.15. The van der Waals surface area contributed by atoms with Crippen molar-refractivity contribution >= 4 is 5.82 Å². The fourth-order valence-electron chi connectivity index (χ4n) is 4.47. The number of rotatable bonds is 22. The van der Waals surface area contributed by atoms with Crippen molar-refractivity contribution in [3.05, 3.63) is 54.6 Å². The van der Waals surface area contributed by atoms with E-state index in [4.69, 9.17) is 24.7 Å². The number of nitrogens with zero attached hydrogens (tertiary/aromatic N) is 2. The highest BCUT2D eigenvalue weighted by Crippen LogP contribution is 2.31. The maximum Gasteiger partial charge on any atom is 0.235 e. The van der Waals surface area contributed by atoms with Crippen LogP contribution >= 0.6 is 0 Å². The first-order valence-electron chi connectivity index (χ1n) is 15.3. The van der Waals surface area contributed by atoms with Crippen LogP contribution in [0.5, 0.6) is 23.1 Å². The van der Waals surface area contributed by atoms with E-state index in [1.165, 1.54) is 64.2 Å². The number of ether oxygens (including phenoxy) is 4. The van der Waals surface area contributed by atoms with E-state index in [9.17, 15) is 0 Å². The molecule has 0 unspecified atom stereocenters. The zero-order valence-corrected chi connectivity index (χ0v) is 24.6. The normalized spacial score (nSPS) is 10.9. The summed E-state index contributed by atoms with van der Waals surface area (Å²) in [5.41, 5.74) is 7.13. The van der Waals surface area contributed by atoms with Gasteiger partial charge in [-0.15, -0.1) is 5.10 Å². The standard InChI is InChI=1S/C33H49N3O4/c1-3-5-7-9-11-16-22-37-29-20-21-31(39-23-17-12-10-8-6-4-2)30(26-29)36-32(34)27-33(35-36)40-25-24-38-28-18-14-13-15-19-28/h13-15,18-21,26-27H,3-12,16-17,22-25,34H2,1-2H3. The minimum atomic E-state index is 0.355. The van der Waals surface area contributed by atoms with Gasteiger partial charge in [-0.1, -0.05) is 96.3 Å². The van der Waals surface area contributed by atoms with Gasteiger partial charge in [-0.3, -0.25) is 0 Å². The van der Waals surface area contributed by atoms with Crippen LogP contribution in [-0.2, 0) is 0 Å². The lowest BCUT2D eigenvalue weighted by Crippen LogP contribution is -2.10. The van der Waals surface area contributed by atoms with Crippen LogP contribution in [-0.4, -0.2) is 36.2 Å². The Morgan fingerprint density at radius 2 is 1.20 bits per heavy atom. The summed E-state index contributed by atoms with van der Waals surface area (Å²) in [6.07, 6.45) is 14.6. The fraction of sp³-hybridized carbons (Fsp3) is 0.545. The molecule has 220 valence electrons. The van der Waals surface area contributed by atoms with Crippen molar-refractivity contribution in [2.24, 2.45) is 0 Å². The summed E-state index contributed by atoms with van der Waals surface area (Å²) in [5.74, 6) is 3.23. The molecule has 0 atom stereocenters. The molecule has 2 aromatic carbocycles. The van der Waals surface area contributed by atoms with Crippen molar-refractivity contribution in [1.29, 1.82) is 0 Å². The quantitative estimate of drug-likeness (QED) is 0.126. The van der Waals surface area contributed by atoms with E-state index in [-0.39, 0.29) is 0 Å². The highest BCUT2D eigenvalue weighted by molar-refractivity contribution is 5.55. The Morgan fingerprint density at radius 1 is 0.600 bits per heavy atom. The molecule has 0 aliphatic heterocycles. The first-order chi connectivity index (χ1) is 19.7. The number of hydrogen-bond donors (Lipinski definition) is 1. The Balaban J connectivity index is 1.60. The lowest BCUT2D eigenvalue weighted by atomic mass is 10.1. The summed E-state index contributed by atoms with van der Waals surface area (Å²) < 4.78 is 25.5. The predicted molar refractivity (Wildman–Crippen MR) is 163 cm³/mol. The number of para-hydroxylation sites is 1. The van der Waals surface area contributed by atoms with Crippen molar-refractivity contribution in [1.82, 2.24) is 9.78 Å². The van der Waals surface area contributed by atoms with Crippen molar-refractivity contribution in [3.63, 3.8) is 0 Å². The van der Waals surface area contributed by atoms with Gasteiger partial charge >= 0.3 is 0 Å². The highest BCUT2D eigenvalue weighted by atomic mass is 16.5. The summed E-state index contributed by atoms with van der Waals surface area (Å²) in [5, 5.41) is 4.62. The first kappa shape index (κ1) is 31.2. The molecule has 1 heterocycles.